The van der Waals surface area contributed by atoms with Gasteiger partial charge in [0.05, 0.1) is 4.90 Å². The monoisotopic (exact) mass is 253 g/mol. The minimum absolute atomic E-state index is 0.409. The Balaban J connectivity index is 2.27. The summed E-state index contributed by atoms with van der Waals surface area (Å²) < 4.78 is 26.5. The molecule has 0 saturated heterocycles. The zero-order valence-electron chi connectivity index (χ0n) is 10.2. The molecule has 0 unspecified atom stereocenters. The van der Waals surface area contributed by atoms with Crippen molar-refractivity contribution in [3.63, 3.8) is 0 Å². The van der Waals surface area contributed by atoms with Crippen LogP contribution in [0.3, 0.4) is 0 Å². The molecule has 2 rings (SSSR count). The molecule has 1 aliphatic rings. The highest BCUT2D eigenvalue weighted by molar-refractivity contribution is 7.89. The Hall–Kier alpha value is -0.870. The van der Waals surface area contributed by atoms with Crippen LogP contribution in [0.4, 0.5) is 0 Å². The zero-order chi connectivity index (χ0) is 12.3. The predicted octanol–water partition coefficient (Wildman–Crippen LogP) is 2.25. The Bertz CT molecular complexity index is 494. The fraction of sp³-hybridized carbons (Fsp3) is 0.538. The van der Waals surface area contributed by atoms with Gasteiger partial charge in [0.2, 0.25) is 10.0 Å². The second kappa shape index (κ2) is 5.19. The van der Waals surface area contributed by atoms with Crippen LogP contribution in [-0.2, 0) is 22.9 Å². The van der Waals surface area contributed by atoms with Crippen LogP contribution < -0.4 is 4.72 Å². The van der Waals surface area contributed by atoms with E-state index < -0.39 is 10.0 Å². The number of aryl methyl sites for hydroxylation is 2. The van der Waals surface area contributed by atoms with Crippen molar-refractivity contribution in [2.24, 2.45) is 0 Å². The number of fused-ring (bicyclic) bond motifs is 1. The van der Waals surface area contributed by atoms with E-state index in [0.29, 0.717) is 11.4 Å². The van der Waals surface area contributed by atoms with E-state index in [1.807, 2.05) is 19.1 Å². The number of hydrogen-bond donors (Lipinski definition) is 1. The van der Waals surface area contributed by atoms with Gasteiger partial charge in [-0.3, -0.25) is 0 Å². The van der Waals surface area contributed by atoms with Gasteiger partial charge in [0, 0.05) is 6.54 Å². The molecule has 4 heteroatoms. The molecule has 0 aliphatic heterocycles. The second-order valence-corrected chi connectivity index (χ2v) is 6.30. The first-order valence-corrected chi connectivity index (χ1v) is 7.73. The fourth-order valence-corrected chi connectivity index (χ4v) is 3.38. The van der Waals surface area contributed by atoms with Crippen molar-refractivity contribution in [3.05, 3.63) is 29.3 Å². The summed E-state index contributed by atoms with van der Waals surface area (Å²) in [5.74, 6) is 0. The summed E-state index contributed by atoms with van der Waals surface area (Å²) in [6, 6.07) is 5.53. The lowest BCUT2D eigenvalue weighted by molar-refractivity contribution is 0.580. The average Bonchev–Trinajstić information content (AvgIpc) is 2.36. The summed E-state index contributed by atoms with van der Waals surface area (Å²) in [4.78, 5) is 0.409. The van der Waals surface area contributed by atoms with Gasteiger partial charge >= 0.3 is 0 Å². The van der Waals surface area contributed by atoms with Gasteiger partial charge in [-0.25, -0.2) is 13.1 Å². The fourth-order valence-electron chi connectivity index (χ4n) is 2.20. The molecule has 1 N–H and O–H groups in total. The van der Waals surface area contributed by atoms with Crippen molar-refractivity contribution in [1.82, 2.24) is 4.72 Å². The van der Waals surface area contributed by atoms with Gasteiger partial charge in [0.15, 0.2) is 0 Å². The van der Waals surface area contributed by atoms with Gasteiger partial charge < -0.3 is 0 Å². The van der Waals surface area contributed by atoms with Gasteiger partial charge in [0.1, 0.15) is 0 Å². The lowest BCUT2D eigenvalue weighted by Gasteiger charge is -2.16. The van der Waals surface area contributed by atoms with E-state index in [2.05, 4.69) is 4.72 Å². The molecular weight excluding hydrogens is 234 g/mol. The first kappa shape index (κ1) is 12.6. The SMILES string of the molecule is CCCNS(=O)(=O)c1ccc2c(c1)CCCC2. The molecular formula is C13H19NO2S. The minimum atomic E-state index is -3.31. The summed E-state index contributed by atoms with van der Waals surface area (Å²) in [5, 5.41) is 0. The van der Waals surface area contributed by atoms with Crippen molar-refractivity contribution < 1.29 is 8.42 Å². The molecule has 0 heterocycles. The van der Waals surface area contributed by atoms with Crippen LogP contribution in [0.2, 0.25) is 0 Å². The average molecular weight is 253 g/mol. The van der Waals surface area contributed by atoms with E-state index in [9.17, 15) is 8.42 Å². The number of sulfonamides is 1. The topological polar surface area (TPSA) is 46.2 Å². The third-order valence-electron chi connectivity index (χ3n) is 3.17. The maximum absolute atomic E-state index is 12.0. The summed E-state index contributed by atoms with van der Waals surface area (Å²) in [6.45, 7) is 2.45. The van der Waals surface area contributed by atoms with E-state index in [-0.39, 0.29) is 0 Å². The van der Waals surface area contributed by atoms with Crippen LogP contribution in [0, 0.1) is 0 Å². The molecule has 0 radical (unpaired) electrons. The Morgan fingerprint density at radius 2 is 1.88 bits per heavy atom. The van der Waals surface area contributed by atoms with E-state index in [1.165, 1.54) is 24.0 Å². The van der Waals surface area contributed by atoms with Crippen LogP contribution in [0.5, 0.6) is 0 Å². The Morgan fingerprint density at radius 3 is 2.59 bits per heavy atom. The van der Waals surface area contributed by atoms with Crippen molar-refractivity contribution in [3.8, 4) is 0 Å². The highest BCUT2D eigenvalue weighted by Gasteiger charge is 2.16. The summed E-state index contributed by atoms with van der Waals surface area (Å²) in [5.41, 5.74) is 2.52. The van der Waals surface area contributed by atoms with Crippen molar-refractivity contribution in [2.75, 3.05) is 6.54 Å². The molecule has 0 amide bonds. The third kappa shape index (κ3) is 2.87. The van der Waals surface area contributed by atoms with Gasteiger partial charge in [-0.1, -0.05) is 13.0 Å². The number of benzene rings is 1. The molecule has 1 aromatic carbocycles. The number of rotatable bonds is 4. The highest BCUT2D eigenvalue weighted by Crippen LogP contribution is 2.23. The van der Waals surface area contributed by atoms with Gasteiger partial charge in [-0.15, -0.1) is 0 Å². The maximum atomic E-state index is 12.0. The van der Waals surface area contributed by atoms with E-state index in [4.69, 9.17) is 0 Å². The Morgan fingerprint density at radius 1 is 1.18 bits per heavy atom. The van der Waals surface area contributed by atoms with Gasteiger partial charge in [-0.2, -0.15) is 0 Å². The molecule has 0 fully saturated rings. The lowest BCUT2D eigenvalue weighted by atomic mass is 9.92. The molecule has 1 aromatic rings. The largest absolute Gasteiger partial charge is 0.240 e. The summed E-state index contributed by atoms with van der Waals surface area (Å²) in [6.07, 6.45) is 5.28. The van der Waals surface area contributed by atoms with Crippen LogP contribution >= 0.6 is 0 Å². The van der Waals surface area contributed by atoms with Crippen molar-refractivity contribution in [2.45, 2.75) is 43.9 Å². The Kier molecular flexibility index (Phi) is 3.84. The number of nitrogens with one attached hydrogen (secondary N) is 1. The molecule has 17 heavy (non-hydrogen) atoms. The van der Waals surface area contributed by atoms with Crippen LogP contribution in [-0.4, -0.2) is 15.0 Å². The van der Waals surface area contributed by atoms with Crippen molar-refractivity contribution >= 4 is 10.0 Å². The molecule has 3 nitrogen and oxygen atoms in total. The zero-order valence-corrected chi connectivity index (χ0v) is 11.0. The quantitative estimate of drug-likeness (QED) is 0.894. The number of hydrogen-bond acceptors (Lipinski definition) is 2. The standard InChI is InChI=1S/C13H19NO2S/c1-2-9-14-17(15,16)13-8-7-11-5-3-4-6-12(11)10-13/h7-8,10,14H,2-6,9H2,1H3. The molecule has 0 atom stereocenters. The Labute approximate surface area is 103 Å². The molecule has 94 valence electrons. The third-order valence-corrected chi connectivity index (χ3v) is 4.63. The van der Waals surface area contributed by atoms with E-state index in [1.54, 1.807) is 6.07 Å². The minimum Gasteiger partial charge on any atom is -0.211 e. The molecule has 0 spiro atoms. The predicted molar refractivity (Wildman–Crippen MR) is 68.6 cm³/mol. The highest BCUT2D eigenvalue weighted by atomic mass is 32.2. The molecule has 0 saturated carbocycles. The second-order valence-electron chi connectivity index (χ2n) is 4.54. The van der Waals surface area contributed by atoms with Crippen LogP contribution in [0.1, 0.15) is 37.3 Å². The molecule has 0 bridgehead atoms. The first-order chi connectivity index (χ1) is 8.13. The van der Waals surface area contributed by atoms with Gasteiger partial charge in [-0.05, 0) is 55.4 Å². The van der Waals surface area contributed by atoms with Gasteiger partial charge in [0.25, 0.3) is 0 Å². The van der Waals surface area contributed by atoms with E-state index >= 15 is 0 Å². The summed E-state index contributed by atoms with van der Waals surface area (Å²) >= 11 is 0. The van der Waals surface area contributed by atoms with Crippen LogP contribution in [0.15, 0.2) is 23.1 Å². The van der Waals surface area contributed by atoms with E-state index in [0.717, 1.165) is 19.3 Å². The molecule has 1 aliphatic carbocycles. The van der Waals surface area contributed by atoms with Crippen molar-refractivity contribution in [1.29, 1.82) is 0 Å². The first-order valence-electron chi connectivity index (χ1n) is 6.25. The lowest BCUT2D eigenvalue weighted by Crippen LogP contribution is -2.24. The maximum Gasteiger partial charge on any atom is 0.240 e. The summed E-state index contributed by atoms with van der Waals surface area (Å²) in [7, 11) is -3.31. The van der Waals surface area contributed by atoms with Crippen LogP contribution in [0.25, 0.3) is 0 Å². The smallest absolute Gasteiger partial charge is 0.211 e. The molecule has 0 aromatic heterocycles. The normalized spacial score (nSPS) is 15.6.